The fraction of sp³-hybridized carbons (Fsp3) is 0.600. The van der Waals surface area contributed by atoms with Gasteiger partial charge in [0.25, 0.3) is 0 Å². The van der Waals surface area contributed by atoms with Gasteiger partial charge in [0.15, 0.2) is 0 Å². The highest BCUT2D eigenvalue weighted by atomic mass is 16.4. The number of hydrogen-bond donors (Lipinski definition) is 2. The van der Waals surface area contributed by atoms with E-state index in [9.17, 15) is 9.59 Å². The lowest BCUT2D eigenvalue weighted by molar-refractivity contribution is -0.147. The molecule has 0 bridgehead atoms. The number of carboxylic acids is 1. The van der Waals surface area contributed by atoms with Gasteiger partial charge in [-0.25, -0.2) is 9.78 Å². The van der Waals surface area contributed by atoms with Gasteiger partial charge in [-0.05, 0) is 13.3 Å². The Kier molecular flexibility index (Phi) is 4.19. The van der Waals surface area contributed by atoms with E-state index in [-0.39, 0.29) is 12.3 Å². The lowest BCUT2D eigenvalue weighted by atomic mass is 9.99. The third-order valence-electron chi connectivity index (χ3n) is 2.63. The minimum absolute atomic E-state index is 0.173. The zero-order valence-corrected chi connectivity index (χ0v) is 9.88. The van der Waals surface area contributed by atoms with E-state index in [0.717, 1.165) is 0 Å². The number of nitrogens with one attached hydrogen (secondary N) is 1. The van der Waals surface area contributed by atoms with Crippen LogP contribution in [0, 0.1) is 0 Å². The molecule has 7 nitrogen and oxygen atoms in total. The second-order valence-corrected chi connectivity index (χ2v) is 3.95. The largest absolute Gasteiger partial charge is 0.480 e. The summed E-state index contributed by atoms with van der Waals surface area (Å²) in [6.07, 6.45) is 3.39. The monoisotopic (exact) mass is 240 g/mol. The minimum Gasteiger partial charge on any atom is -0.480 e. The van der Waals surface area contributed by atoms with E-state index >= 15 is 0 Å². The van der Waals surface area contributed by atoms with Crippen LogP contribution in [0.1, 0.15) is 26.7 Å². The molecule has 0 saturated heterocycles. The van der Waals surface area contributed by atoms with Crippen molar-refractivity contribution in [2.45, 2.75) is 38.8 Å². The Morgan fingerprint density at radius 1 is 1.53 bits per heavy atom. The first-order valence-corrected chi connectivity index (χ1v) is 5.35. The Morgan fingerprint density at radius 3 is 2.71 bits per heavy atom. The quantitative estimate of drug-likeness (QED) is 0.731. The number of carbonyl (C=O) groups is 2. The number of hydrogen-bond acceptors (Lipinski definition) is 4. The number of rotatable bonds is 6. The molecule has 0 aliphatic rings. The number of aliphatic carboxylic acids is 1. The SMILES string of the molecule is CCC(C)(NC(=O)CCn1cncn1)C(=O)O. The van der Waals surface area contributed by atoms with Gasteiger partial charge < -0.3 is 10.4 Å². The Bertz CT molecular complexity index is 390. The molecule has 94 valence electrons. The van der Waals surface area contributed by atoms with Gasteiger partial charge in [-0.2, -0.15) is 5.10 Å². The maximum absolute atomic E-state index is 11.6. The molecule has 0 aromatic carbocycles. The van der Waals surface area contributed by atoms with Gasteiger partial charge in [0.2, 0.25) is 5.91 Å². The van der Waals surface area contributed by atoms with Gasteiger partial charge in [-0.1, -0.05) is 6.92 Å². The van der Waals surface area contributed by atoms with Crippen LogP contribution >= 0.6 is 0 Å². The molecule has 2 N–H and O–H groups in total. The van der Waals surface area contributed by atoms with Gasteiger partial charge in [-0.3, -0.25) is 9.48 Å². The van der Waals surface area contributed by atoms with Crippen molar-refractivity contribution in [3.05, 3.63) is 12.7 Å². The fourth-order valence-corrected chi connectivity index (χ4v) is 1.23. The fourth-order valence-electron chi connectivity index (χ4n) is 1.23. The number of carboxylic acid groups (broad SMARTS) is 1. The van der Waals surface area contributed by atoms with Crippen molar-refractivity contribution >= 4 is 11.9 Å². The summed E-state index contributed by atoms with van der Waals surface area (Å²) in [7, 11) is 0. The third-order valence-corrected chi connectivity index (χ3v) is 2.63. The maximum atomic E-state index is 11.6. The lowest BCUT2D eigenvalue weighted by Gasteiger charge is -2.24. The van der Waals surface area contributed by atoms with Crippen molar-refractivity contribution in [3.63, 3.8) is 0 Å². The van der Waals surface area contributed by atoms with Crippen LogP contribution in [0.25, 0.3) is 0 Å². The predicted octanol–water partition coefficient (Wildman–Crippen LogP) is 0.0377. The second kappa shape index (κ2) is 5.42. The highest BCUT2D eigenvalue weighted by Gasteiger charge is 2.32. The second-order valence-electron chi connectivity index (χ2n) is 3.95. The number of amides is 1. The highest BCUT2D eigenvalue weighted by Crippen LogP contribution is 2.09. The topological polar surface area (TPSA) is 97.1 Å². The molecule has 0 radical (unpaired) electrons. The molecule has 0 saturated carbocycles. The summed E-state index contributed by atoms with van der Waals surface area (Å²) in [5, 5.41) is 15.3. The number of carbonyl (C=O) groups excluding carboxylic acids is 1. The van der Waals surface area contributed by atoms with Crippen LogP contribution in [0.3, 0.4) is 0 Å². The number of aryl methyl sites for hydroxylation is 1. The Labute approximate surface area is 98.8 Å². The van der Waals surface area contributed by atoms with Crippen molar-refractivity contribution in [3.8, 4) is 0 Å². The van der Waals surface area contributed by atoms with E-state index in [1.165, 1.54) is 24.3 Å². The molecule has 1 rings (SSSR count). The van der Waals surface area contributed by atoms with E-state index in [2.05, 4.69) is 15.4 Å². The molecular formula is C10H16N4O3. The van der Waals surface area contributed by atoms with Gasteiger partial charge in [0.1, 0.15) is 18.2 Å². The van der Waals surface area contributed by atoms with Crippen LogP contribution in [0.4, 0.5) is 0 Å². The first-order valence-electron chi connectivity index (χ1n) is 5.35. The van der Waals surface area contributed by atoms with Crippen LogP contribution in [0.15, 0.2) is 12.7 Å². The summed E-state index contributed by atoms with van der Waals surface area (Å²) >= 11 is 0. The highest BCUT2D eigenvalue weighted by molar-refractivity contribution is 5.86. The first kappa shape index (κ1) is 13.1. The third kappa shape index (κ3) is 3.54. The van der Waals surface area contributed by atoms with Crippen molar-refractivity contribution in [1.29, 1.82) is 0 Å². The molecule has 1 heterocycles. The smallest absolute Gasteiger partial charge is 0.329 e. The Morgan fingerprint density at radius 2 is 2.24 bits per heavy atom. The molecule has 0 aliphatic heterocycles. The van der Waals surface area contributed by atoms with E-state index in [4.69, 9.17) is 5.11 Å². The zero-order valence-electron chi connectivity index (χ0n) is 9.88. The predicted molar refractivity (Wildman–Crippen MR) is 59.1 cm³/mol. The standard InChI is InChI=1S/C10H16N4O3/c1-3-10(2,9(16)17)13-8(15)4-5-14-7-11-6-12-14/h6-7H,3-5H2,1-2H3,(H,13,15)(H,16,17). The molecule has 1 atom stereocenters. The zero-order chi connectivity index (χ0) is 12.9. The lowest BCUT2D eigenvalue weighted by Crippen LogP contribution is -2.51. The Hall–Kier alpha value is -1.92. The van der Waals surface area contributed by atoms with E-state index in [1.54, 1.807) is 6.92 Å². The first-order chi connectivity index (χ1) is 7.98. The van der Waals surface area contributed by atoms with Crippen LogP contribution < -0.4 is 5.32 Å². The van der Waals surface area contributed by atoms with Gasteiger partial charge in [0.05, 0.1) is 6.54 Å². The molecule has 0 aliphatic carbocycles. The van der Waals surface area contributed by atoms with Crippen LogP contribution in [0.5, 0.6) is 0 Å². The summed E-state index contributed by atoms with van der Waals surface area (Å²) in [6, 6.07) is 0. The number of aromatic nitrogens is 3. The summed E-state index contributed by atoms with van der Waals surface area (Å²) in [5.41, 5.74) is -1.21. The van der Waals surface area contributed by atoms with Crippen molar-refractivity contribution in [2.24, 2.45) is 0 Å². The van der Waals surface area contributed by atoms with Gasteiger partial charge in [0, 0.05) is 6.42 Å². The average molecular weight is 240 g/mol. The molecule has 17 heavy (non-hydrogen) atoms. The normalized spacial score (nSPS) is 14.0. The van der Waals surface area contributed by atoms with Crippen molar-refractivity contribution < 1.29 is 14.7 Å². The van der Waals surface area contributed by atoms with E-state index in [0.29, 0.717) is 13.0 Å². The van der Waals surface area contributed by atoms with E-state index < -0.39 is 11.5 Å². The molecule has 1 unspecified atom stereocenters. The summed E-state index contributed by atoms with van der Waals surface area (Å²) in [5.74, 6) is -1.35. The molecule has 7 heteroatoms. The van der Waals surface area contributed by atoms with Crippen molar-refractivity contribution in [1.82, 2.24) is 20.1 Å². The van der Waals surface area contributed by atoms with Crippen LogP contribution in [-0.2, 0) is 16.1 Å². The molecular weight excluding hydrogens is 224 g/mol. The Balaban J connectivity index is 2.46. The van der Waals surface area contributed by atoms with Gasteiger partial charge in [-0.15, -0.1) is 0 Å². The van der Waals surface area contributed by atoms with Crippen LogP contribution in [-0.4, -0.2) is 37.3 Å². The average Bonchev–Trinajstić information content (AvgIpc) is 2.78. The molecule has 1 aromatic heterocycles. The molecule has 1 aromatic rings. The molecule has 1 amide bonds. The summed E-state index contributed by atoms with van der Waals surface area (Å²) in [6.45, 7) is 3.58. The maximum Gasteiger partial charge on any atom is 0.329 e. The summed E-state index contributed by atoms with van der Waals surface area (Å²) in [4.78, 5) is 26.3. The minimum atomic E-state index is -1.21. The van der Waals surface area contributed by atoms with Crippen molar-refractivity contribution in [2.75, 3.05) is 0 Å². The molecule has 0 fully saturated rings. The molecule has 0 spiro atoms. The van der Waals surface area contributed by atoms with Gasteiger partial charge >= 0.3 is 5.97 Å². The van der Waals surface area contributed by atoms with E-state index in [1.807, 2.05) is 0 Å². The number of nitrogens with zero attached hydrogens (tertiary/aromatic N) is 3. The summed E-state index contributed by atoms with van der Waals surface area (Å²) < 4.78 is 1.52. The van der Waals surface area contributed by atoms with Crippen LogP contribution in [0.2, 0.25) is 0 Å².